The third-order valence-corrected chi connectivity index (χ3v) is 6.14. The van der Waals surface area contributed by atoms with E-state index in [1.165, 1.54) is 0 Å². The zero-order valence-corrected chi connectivity index (χ0v) is 10.7. The molecule has 88 valence electrons. The van der Waals surface area contributed by atoms with Crippen LogP contribution in [0.1, 0.15) is 27.7 Å². The first-order valence-corrected chi connectivity index (χ1v) is 7.21. The van der Waals surface area contributed by atoms with Crippen LogP contribution in [-0.4, -0.2) is 54.1 Å². The maximum atomic E-state index is 12.2. The van der Waals surface area contributed by atoms with Crippen molar-refractivity contribution >= 4 is 9.84 Å². The van der Waals surface area contributed by atoms with Gasteiger partial charge in [-0.05, 0) is 27.7 Å². The van der Waals surface area contributed by atoms with Gasteiger partial charge in [-0.15, -0.1) is 0 Å². The second kappa shape index (κ2) is 3.43. The number of sulfone groups is 1. The summed E-state index contributed by atoms with van der Waals surface area (Å²) in [5.74, 6) is 0. The van der Waals surface area contributed by atoms with Crippen LogP contribution in [0.25, 0.3) is 0 Å². The Balaban J connectivity index is 2.05. The molecule has 15 heavy (non-hydrogen) atoms. The van der Waals surface area contributed by atoms with Crippen molar-refractivity contribution in [1.29, 1.82) is 0 Å². The molecule has 0 radical (unpaired) electrons. The van der Waals surface area contributed by atoms with E-state index in [4.69, 9.17) is 0 Å². The van der Waals surface area contributed by atoms with Crippen molar-refractivity contribution < 1.29 is 8.42 Å². The molecule has 2 heterocycles. The normalized spacial score (nSPS) is 43.5. The molecule has 0 aromatic rings. The van der Waals surface area contributed by atoms with Gasteiger partial charge in [0, 0.05) is 25.2 Å². The zero-order chi connectivity index (χ0) is 11.4. The number of nitrogens with zero attached hydrogens (tertiary/aromatic N) is 2. The third-order valence-electron chi connectivity index (χ3n) is 3.70. The summed E-state index contributed by atoms with van der Waals surface area (Å²) < 4.78 is 24.4. The van der Waals surface area contributed by atoms with Crippen molar-refractivity contribution in [2.75, 3.05) is 13.1 Å². The number of hydrogen-bond acceptors (Lipinski definition) is 4. The molecule has 0 bridgehead atoms. The molecule has 2 aliphatic heterocycles. The fourth-order valence-corrected chi connectivity index (χ4v) is 4.10. The molecule has 4 nitrogen and oxygen atoms in total. The van der Waals surface area contributed by atoms with Gasteiger partial charge in [-0.1, -0.05) is 0 Å². The Kier molecular flexibility index (Phi) is 2.60. The minimum atomic E-state index is -3.03. The number of rotatable bonds is 4. The first kappa shape index (κ1) is 11.4. The summed E-state index contributed by atoms with van der Waals surface area (Å²) in [4.78, 5) is 4.06. The number of hydrogen-bond donors (Lipinski definition) is 0. The van der Waals surface area contributed by atoms with E-state index in [1.54, 1.807) is 0 Å². The molecule has 5 heteroatoms. The molecule has 0 spiro atoms. The van der Waals surface area contributed by atoms with Gasteiger partial charge in [0.2, 0.25) is 0 Å². The zero-order valence-electron chi connectivity index (χ0n) is 9.84. The largest absolute Gasteiger partial charge is 0.282 e. The lowest BCUT2D eigenvalue weighted by molar-refractivity contribution is 0.427. The molecular weight excluding hydrogens is 212 g/mol. The second-order valence-electron chi connectivity index (χ2n) is 4.88. The molecule has 2 aliphatic rings. The summed E-state index contributed by atoms with van der Waals surface area (Å²) in [6.45, 7) is 9.59. The van der Waals surface area contributed by atoms with Crippen LogP contribution >= 0.6 is 0 Å². The van der Waals surface area contributed by atoms with Crippen molar-refractivity contribution in [2.24, 2.45) is 0 Å². The van der Waals surface area contributed by atoms with Gasteiger partial charge in [0.1, 0.15) is 10.7 Å². The van der Waals surface area contributed by atoms with Crippen LogP contribution in [0.5, 0.6) is 0 Å². The molecule has 2 fully saturated rings. The van der Waals surface area contributed by atoms with Crippen molar-refractivity contribution in [1.82, 2.24) is 9.80 Å². The highest BCUT2D eigenvalue weighted by molar-refractivity contribution is 7.92. The van der Waals surface area contributed by atoms with Gasteiger partial charge in [-0.2, -0.15) is 0 Å². The first-order valence-electron chi connectivity index (χ1n) is 5.60. The van der Waals surface area contributed by atoms with Crippen LogP contribution in [0.3, 0.4) is 0 Å². The Hall–Kier alpha value is -0.130. The summed E-state index contributed by atoms with van der Waals surface area (Å²) >= 11 is 0. The summed E-state index contributed by atoms with van der Waals surface area (Å²) in [5, 5.41) is -0.648. The van der Waals surface area contributed by atoms with Crippen molar-refractivity contribution in [2.45, 2.75) is 50.5 Å². The summed E-state index contributed by atoms with van der Waals surface area (Å²) in [7, 11) is -3.03. The summed E-state index contributed by atoms with van der Waals surface area (Å²) in [6, 6.07) is 0.877. The lowest BCUT2D eigenvalue weighted by Crippen LogP contribution is -2.38. The Labute approximate surface area is 92.2 Å². The SMILES string of the molecule is CC1CN1C(C)S(=O)(=O)C(C)N1CC1C. The topological polar surface area (TPSA) is 40.2 Å². The highest BCUT2D eigenvalue weighted by atomic mass is 32.2. The van der Waals surface area contributed by atoms with Gasteiger partial charge in [-0.3, -0.25) is 9.80 Å². The Morgan fingerprint density at radius 1 is 1.00 bits per heavy atom. The Morgan fingerprint density at radius 3 is 1.47 bits per heavy atom. The molecule has 0 aromatic carbocycles. The van der Waals surface area contributed by atoms with E-state index in [2.05, 4.69) is 13.8 Å². The maximum Gasteiger partial charge on any atom is 0.181 e. The highest BCUT2D eigenvalue weighted by Gasteiger charge is 2.47. The lowest BCUT2D eigenvalue weighted by Gasteiger charge is -2.21. The maximum absolute atomic E-state index is 12.2. The minimum Gasteiger partial charge on any atom is -0.282 e. The van der Waals surface area contributed by atoms with Crippen LogP contribution in [0, 0.1) is 0 Å². The van der Waals surface area contributed by atoms with Crippen molar-refractivity contribution in [3.8, 4) is 0 Å². The summed E-state index contributed by atoms with van der Waals surface area (Å²) in [5.41, 5.74) is 0. The van der Waals surface area contributed by atoms with E-state index in [9.17, 15) is 8.42 Å². The smallest absolute Gasteiger partial charge is 0.181 e. The van der Waals surface area contributed by atoms with Gasteiger partial charge < -0.3 is 0 Å². The van der Waals surface area contributed by atoms with Crippen molar-refractivity contribution in [3.63, 3.8) is 0 Å². The van der Waals surface area contributed by atoms with E-state index in [-0.39, 0.29) is 10.7 Å². The Morgan fingerprint density at radius 2 is 1.27 bits per heavy atom. The van der Waals surface area contributed by atoms with Gasteiger partial charge >= 0.3 is 0 Å². The van der Waals surface area contributed by atoms with Crippen LogP contribution in [0.2, 0.25) is 0 Å². The summed E-state index contributed by atoms with van der Waals surface area (Å²) in [6.07, 6.45) is 0. The second-order valence-corrected chi connectivity index (χ2v) is 7.42. The van der Waals surface area contributed by atoms with Crippen LogP contribution < -0.4 is 0 Å². The van der Waals surface area contributed by atoms with Gasteiger partial charge in [0.05, 0.1) is 0 Å². The van der Waals surface area contributed by atoms with Gasteiger partial charge in [0.25, 0.3) is 0 Å². The monoisotopic (exact) mass is 232 g/mol. The fourth-order valence-electron chi connectivity index (χ4n) is 2.19. The van der Waals surface area contributed by atoms with Crippen LogP contribution in [0.4, 0.5) is 0 Å². The predicted octanol–water partition coefficient (Wildman–Crippen LogP) is 0.501. The van der Waals surface area contributed by atoms with Gasteiger partial charge in [0.15, 0.2) is 9.84 Å². The average Bonchev–Trinajstić information content (AvgIpc) is 3.03. The van der Waals surface area contributed by atoms with Crippen LogP contribution in [-0.2, 0) is 9.84 Å². The molecule has 0 saturated carbocycles. The van der Waals surface area contributed by atoms with Crippen molar-refractivity contribution in [3.05, 3.63) is 0 Å². The van der Waals surface area contributed by atoms with E-state index in [0.29, 0.717) is 12.1 Å². The molecule has 6 unspecified atom stereocenters. The molecule has 0 N–H and O–H groups in total. The van der Waals surface area contributed by atoms with E-state index < -0.39 is 9.84 Å². The third kappa shape index (κ3) is 1.92. The molecule has 0 amide bonds. The van der Waals surface area contributed by atoms with E-state index in [1.807, 2.05) is 23.6 Å². The molecule has 0 aliphatic carbocycles. The standard InChI is InChI=1S/C10H20N2O2S/c1-7-5-11(7)9(3)15(13,14)10(4)12-6-8(12)2/h7-10H,5-6H2,1-4H3. The lowest BCUT2D eigenvalue weighted by atomic mass is 10.6. The Bertz CT molecular complexity index is 326. The van der Waals surface area contributed by atoms with Gasteiger partial charge in [-0.25, -0.2) is 8.42 Å². The van der Waals surface area contributed by atoms with E-state index >= 15 is 0 Å². The van der Waals surface area contributed by atoms with Crippen LogP contribution in [0.15, 0.2) is 0 Å². The minimum absolute atomic E-state index is 0.324. The first-order chi connectivity index (χ1) is 6.85. The predicted molar refractivity (Wildman–Crippen MR) is 60.2 cm³/mol. The molecule has 0 aromatic heterocycles. The fraction of sp³-hybridized carbons (Fsp3) is 1.00. The molecular formula is C10H20N2O2S. The molecule has 2 saturated heterocycles. The van der Waals surface area contributed by atoms with E-state index in [0.717, 1.165) is 13.1 Å². The quantitative estimate of drug-likeness (QED) is 0.662. The highest BCUT2D eigenvalue weighted by Crippen LogP contribution is 2.30. The average molecular weight is 232 g/mol. The molecule has 2 rings (SSSR count). The molecule has 6 atom stereocenters.